The zero-order valence-corrected chi connectivity index (χ0v) is 20.3. The monoisotopic (exact) mass is 600 g/mol. The van der Waals surface area contributed by atoms with Gasteiger partial charge in [0.15, 0.2) is 0 Å². The van der Waals surface area contributed by atoms with Crippen molar-refractivity contribution in [2.45, 2.75) is 99.8 Å². The van der Waals surface area contributed by atoms with Gasteiger partial charge >= 0.3 is 121 Å². The Bertz CT molecular complexity index is 118. The summed E-state index contributed by atoms with van der Waals surface area (Å²) in [6.07, 6.45) is 17.8. The molecule has 0 nitrogen and oxygen atoms in total. The summed E-state index contributed by atoms with van der Waals surface area (Å²) in [6, 6.07) is 0. The van der Waals surface area contributed by atoms with Gasteiger partial charge in [0.05, 0.1) is 0 Å². The van der Waals surface area contributed by atoms with E-state index < -0.39 is 0 Å². The van der Waals surface area contributed by atoms with Crippen LogP contribution in [0.4, 0.5) is 0 Å². The number of hydrogen-bond acceptors (Lipinski definition) is 0. The summed E-state index contributed by atoms with van der Waals surface area (Å²) in [5.74, 6) is 0. The summed E-state index contributed by atoms with van der Waals surface area (Å²) in [5.41, 5.74) is 0. The maximum absolute atomic E-state index is 2.30. The maximum atomic E-state index is 2.30. The van der Waals surface area contributed by atoms with E-state index >= 15 is 0 Å². The number of halogens is 2. The van der Waals surface area contributed by atoms with Gasteiger partial charge in [0.1, 0.15) is 0 Å². The van der Waals surface area contributed by atoms with Crippen molar-refractivity contribution in [2.75, 3.05) is 0 Å². The van der Waals surface area contributed by atoms with Crippen molar-refractivity contribution in [1.29, 1.82) is 0 Å². The minimum absolute atomic E-state index is 0. The molecule has 0 saturated heterocycles. The second-order valence-electron chi connectivity index (χ2n) is 5.29. The zero-order chi connectivity index (χ0) is 12.6. The second kappa shape index (κ2) is 25.2. The van der Waals surface area contributed by atoms with Crippen LogP contribution in [0.15, 0.2) is 0 Å². The summed E-state index contributed by atoms with van der Waals surface area (Å²) < 4.78 is 3.31. The molecule has 0 amide bonds. The van der Waals surface area contributed by atoms with E-state index in [2.05, 4.69) is 13.8 Å². The van der Waals surface area contributed by atoms with Gasteiger partial charge in [-0.3, -0.25) is 0 Å². The van der Waals surface area contributed by atoms with Gasteiger partial charge in [-0.1, -0.05) is 0 Å². The molecule has 0 fully saturated rings. The van der Waals surface area contributed by atoms with Crippen LogP contribution in [-0.4, -0.2) is 21.1 Å². The largest absolute Gasteiger partial charge is 1.00 e. The minimum atomic E-state index is 0. The van der Waals surface area contributed by atoms with Crippen molar-refractivity contribution in [3.63, 3.8) is 0 Å². The van der Waals surface area contributed by atoms with Gasteiger partial charge in [-0.05, 0) is 0 Å². The Morgan fingerprint density at radius 2 is 0.789 bits per heavy atom. The molecule has 0 N–H and O–H groups in total. The molecule has 0 bridgehead atoms. The molecule has 19 heavy (non-hydrogen) atoms. The molecule has 0 spiro atoms. The van der Waals surface area contributed by atoms with Crippen molar-refractivity contribution in [3.05, 3.63) is 0 Å². The van der Waals surface area contributed by atoms with Gasteiger partial charge < -0.3 is 48.0 Å². The molecule has 0 radical (unpaired) electrons. The van der Waals surface area contributed by atoms with E-state index in [1.54, 1.807) is 21.7 Å². The summed E-state index contributed by atoms with van der Waals surface area (Å²) in [5, 5.41) is 0. The Morgan fingerprint density at radius 1 is 0.474 bits per heavy atom. The fourth-order valence-electron chi connectivity index (χ4n) is 2.19. The topological polar surface area (TPSA) is 0 Å². The first-order chi connectivity index (χ1) is 8.41. The predicted octanol–water partition coefficient (Wildman–Crippen LogP) is 0.256. The maximum Gasteiger partial charge on any atom is -1.00 e. The number of rotatable bonds is 14. The molecule has 0 aromatic heterocycles. The fourth-order valence-corrected chi connectivity index (χ4v) is 5.75. The Kier molecular flexibility index (Phi) is 34.7. The summed E-state index contributed by atoms with van der Waals surface area (Å²) in [7, 11) is 0. The first-order valence-corrected chi connectivity index (χ1v) is 12.2. The van der Waals surface area contributed by atoms with E-state index in [1.165, 1.54) is 64.2 Å². The molecular weight excluding hydrogens is 565 g/mol. The van der Waals surface area contributed by atoms with Gasteiger partial charge in [0.2, 0.25) is 0 Å². The molecule has 116 valence electrons. The SMILES string of the molecule is CCCCCCC[CH2][Sn+2][CH2]CCCCCCC.[I-].[I-]. The van der Waals surface area contributed by atoms with Gasteiger partial charge in [0.25, 0.3) is 0 Å². The molecule has 0 aliphatic carbocycles. The third-order valence-corrected chi connectivity index (χ3v) is 7.45. The minimum Gasteiger partial charge on any atom is -1.00 e. The first kappa shape index (κ1) is 26.2. The van der Waals surface area contributed by atoms with Crippen LogP contribution in [0.3, 0.4) is 0 Å². The van der Waals surface area contributed by atoms with Gasteiger partial charge in [0, 0.05) is 0 Å². The average Bonchev–Trinajstić information content (AvgIpc) is 2.35. The summed E-state index contributed by atoms with van der Waals surface area (Å²) in [6.45, 7) is 4.60. The molecule has 0 heterocycles. The van der Waals surface area contributed by atoms with Crippen LogP contribution in [0.5, 0.6) is 0 Å². The van der Waals surface area contributed by atoms with Crippen molar-refractivity contribution >= 4 is 21.1 Å². The van der Waals surface area contributed by atoms with E-state index in [0.717, 1.165) is 0 Å². The van der Waals surface area contributed by atoms with E-state index in [1.807, 2.05) is 0 Å². The van der Waals surface area contributed by atoms with Crippen LogP contribution in [0.2, 0.25) is 8.87 Å². The molecular formula is C16H34I2Sn. The molecule has 0 aliphatic heterocycles. The van der Waals surface area contributed by atoms with E-state index in [-0.39, 0.29) is 69.1 Å². The molecule has 3 heteroatoms. The van der Waals surface area contributed by atoms with E-state index in [9.17, 15) is 0 Å². The smallest absolute Gasteiger partial charge is 1.00 e. The zero-order valence-electron chi connectivity index (χ0n) is 13.2. The standard InChI is InChI=1S/2C8H17.2HI.Sn/c2*1-3-5-7-8-6-4-2;;;/h2*1,3-8H2,2H3;2*1H;/q;;;;+2/p-2. The molecule has 0 unspecified atom stereocenters. The number of hydrogen-bond donors (Lipinski definition) is 0. The van der Waals surface area contributed by atoms with E-state index in [4.69, 9.17) is 0 Å². The third-order valence-electron chi connectivity index (χ3n) is 3.41. The second-order valence-corrected chi connectivity index (χ2v) is 9.57. The molecule has 0 aromatic rings. The Labute approximate surface area is 167 Å². The first-order valence-electron chi connectivity index (χ1n) is 8.12. The molecule has 0 rings (SSSR count). The van der Waals surface area contributed by atoms with E-state index in [0.29, 0.717) is 0 Å². The van der Waals surface area contributed by atoms with Crippen LogP contribution < -0.4 is 48.0 Å². The molecule has 0 saturated carbocycles. The molecule has 0 atom stereocenters. The normalized spacial score (nSPS) is 9.37. The van der Waals surface area contributed by atoms with Crippen molar-refractivity contribution in [2.24, 2.45) is 0 Å². The van der Waals surface area contributed by atoms with Crippen molar-refractivity contribution in [1.82, 2.24) is 0 Å². The van der Waals surface area contributed by atoms with Gasteiger partial charge in [-0.15, -0.1) is 0 Å². The van der Waals surface area contributed by atoms with Gasteiger partial charge in [-0.25, -0.2) is 0 Å². The molecule has 0 aromatic carbocycles. The van der Waals surface area contributed by atoms with Gasteiger partial charge in [-0.2, -0.15) is 0 Å². The quantitative estimate of drug-likeness (QED) is 0.153. The Balaban J connectivity index is -0.00000128. The number of unbranched alkanes of at least 4 members (excludes halogenated alkanes) is 10. The fraction of sp³-hybridized carbons (Fsp3) is 1.00. The third kappa shape index (κ3) is 25.5. The van der Waals surface area contributed by atoms with Crippen LogP contribution in [0.25, 0.3) is 0 Å². The van der Waals surface area contributed by atoms with Crippen LogP contribution in [0.1, 0.15) is 90.9 Å². The Morgan fingerprint density at radius 3 is 1.16 bits per heavy atom. The molecule has 0 aliphatic rings. The van der Waals surface area contributed by atoms with Crippen molar-refractivity contribution < 1.29 is 48.0 Å². The Hall–Kier alpha value is 2.26. The van der Waals surface area contributed by atoms with Crippen molar-refractivity contribution in [3.8, 4) is 0 Å². The average molecular weight is 599 g/mol. The summed E-state index contributed by atoms with van der Waals surface area (Å²) in [4.78, 5) is 0. The summed E-state index contributed by atoms with van der Waals surface area (Å²) >= 11 is 0.0736. The van der Waals surface area contributed by atoms with Crippen LogP contribution >= 0.6 is 0 Å². The van der Waals surface area contributed by atoms with Crippen LogP contribution in [0, 0.1) is 0 Å². The van der Waals surface area contributed by atoms with Crippen LogP contribution in [-0.2, 0) is 0 Å². The predicted molar refractivity (Wildman–Crippen MR) is 82.1 cm³/mol.